The summed E-state index contributed by atoms with van der Waals surface area (Å²) in [7, 11) is 1.60. The summed E-state index contributed by atoms with van der Waals surface area (Å²) in [5, 5.41) is 8.50. The minimum absolute atomic E-state index is 0.00296. The molecule has 2 aliphatic rings. The molecular weight excluding hydrogens is 453 g/mol. The summed E-state index contributed by atoms with van der Waals surface area (Å²) in [5.41, 5.74) is -0.0440. The number of carbonyl (C=O) groups is 1. The number of hydrogen-bond acceptors (Lipinski definition) is 6. The molecule has 9 nitrogen and oxygen atoms in total. The molecule has 0 unspecified atom stereocenters. The fraction of sp³-hybridized carbons (Fsp3) is 0.455. The summed E-state index contributed by atoms with van der Waals surface area (Å²) >= 11 is 0. The molecule has 0 spiro atoms. The third kappa shape index (κ3) is 4.30. The number of halogens is 3. The molecule has 1 fully saturated rings. The van der Waals surface area contributed by atoms with Crippen LogP contribution in [0.5, 0.6) is 0 Å². The van der Waals surface area contributed by atoms with Crippen molar-refractivity contribution < 1.29 is 27.4 Å². The van der Waals surface area contributed by atoms with Gasteiger partial charge in [-0.1, -0.05) is 6.07 Å². The van der Waals surface area contributed by atoms with Crippen molar-refractivity contribution in [2.24, 2.45) is 0 Å². The molecule has 0 bridgehead atoms. The molecule has 0 saturated carbocycles. The van der Waals surface area contributed by atoms with Crippen molar-refractivity contribution in [3.63, 3.8) is 0 Å². The van der Waals surface area contributed by atoms with Crippen LogP contribution in [0.3, 0.4) is 0 Å². The van der Waals surface area contributed by atoms with Gasteiger partial charge in [0.2, 0.25) is 0 Å². The number of alkyl halides is 3. The molecule has 1 N–H and O–H groups in total. The summed E-state index contributed by atoms with van der Waals surface area (Å²) in [5.74, 6) is 1.45. The molecule has 4 heterocycles. The normalized spacial score (nSPS) is 20.7. The van der Waals surface area contributed by atoms with Crippen molar-refractivity contribution in [1.82, 2.24) is 29.6 Å². The molecule has 0 radical (unpaired) electrons. The Balaban J connectivity index is 1.30. The number of hydrogen-bond donors (Lipinski definition) is 1. The smallest absolute Gasteiger partial charge is 0.372 e. The first-order valence-electron chi connectivity index (χ1n) is 10.9. The van der Waals surface area contributed by atoms with E-state index in [0.717, 1.165) is 23.7 Å². The molecule has 1 amide bonds. The fourth-order valence-electron chi connectivity index (χ4n) is 4.34. The van der Waals surface area contributed by atoms with E-state index in [1.165, 1.54) is 17.0 Å². The molecule has 2 atom stereocenters. The van der Waals surface area contributed by atoms with E-state index in [9.17, 15) is 18.0 Å². The highest BCUT2D eigenvalue weighted by atomic mass is 19.4. The van der Waals surface area contributed by atoms with Gasteiger partial charge in [-0.2, -0.15) is 13.2 Å². The van der Waals surface area contributed by atoms with Crippen molar-refractivity contribution in [2.45, 2.75) is 44.3 Å². The van der Waals surface area contributed by atoms with Gasteiger partial charge in [0.1, 0.15) is 24.2 Å². The molecule has 3 aromatic rings. The van der Waals surface area contributed by atoms with Crippen molar-refractivity contribution in [2.75, 3.05) is 20.3 Å². The van der Waals surface area contributed by atoms with Gasteiger partial charge in [0.15, 0.2) is 11.6 Å². The van der Waals surface area contributed by atoms with Gasteiger partial charge in [0, 0.05) is 38.2 Å². The summed E-state index contributed by atoms with van der Waals surface area (Å²) in [4.78, 5) is 22.0. The van der Waals surface area contributed by atoms with E-state index in [4.69, 9.17) is 9.47 Å². The highest BCUT2D eigenvalue weighted by molar-refractivity contribution is 5.94. The maximum Gasteiger partial charge on any atom is 0.416 e. The zero-order valence-corrected chi connectivity index (χ0v) is 18.4. The number of nitrogens with one attached hydrogen (secondary N) is 1. The molecule has 34 heavy (non-hydrogen) atoms. The lowest BCUT2D eigenvalue weighted by Crippen LogP contribution is -2.41. The van der Waals surface area contributed by atoms with Gasteiger partial charge in [0.25, 0.3) is 5.91 Å². The lowest BCUT2D eigenvalue weighted by molar-refractivity contribution is -0.137. The Morgan fingerprint density at radius 1 is 1.26 bits per heavy atom. The van der Waals surface area contributed by atoms with Crippen LogP contribution in [0, 0.1) is 0 Å². The standard InChI is InChI=1S/C22H23F3N6O3/c1-30(21(32)13-3-2-4-14(9-13)22(23,24)25)15-5-7-34-17(10-15)20-27-19(28-29-20)16-11-26-18-12-33-8-6-31(16)18/h2-4,9,11,15,17H,5-8,10,12H2,1H3,(H,27,28,29)/t15-,17+/m1/s1. The van der Waals surface area contributed by atoms with Gasteiger partial charge < -0.3 is 23.9 Å². The van der Waals surface area contributed by atoms with Crippen molar-refractivity contribution in [1.29, 1.82) is 0 Å². The highest BCUT2D eigenvalue weighted by Gasteiger charge is 2.34. The fourth-order valence-corrected chi connectivity index (χ4v) is 4.34. The Kier molecular flexibility index (Phi) is 5.86. The van der Waals surface area contributed by atoms with Crippen LogP contribution < -0.4 is 0 Å². The molecular formula is C22H23F3N6O3. The van der Waals surface area contributed by atoms with E-state index < -0.39 is 23.8 Å². The molecule has 5 rings (SSSR count). The zero-order chi connectivity index (χ0) is 23.9. The first-order chi connectivity index (χ1) is 16.3. The SMILES string of the molecule is CN(C(=O)c1cccc(C(F)(F)F)c1)[C@@H]1CCO[C@H](c2nnc(-c3cnc4n3CCOC4)[nH]2)C1. The molecule has 180 valence electrons. The predicted molar refractivity (Wildman–Crippen MR) is 113 cm³/mol. The van der Waals surface area contributed by atoms with Crippen LogP contribution in [0.25, 0.3) is 11.5 Å². The third-order valence-corrected chi connectivity index (χ3v) is 6.24. The van der Waals surface area contributed by atoms with Crippen molar-refractivity contribution in [3.05, 3.63) is 53.2 Å². The predicted octanol–water partition coefficient (Wildman–Crippen LogP) is 3.21. The van der Waals surface area contributed by atoms with Crippen LogP contribution >= 0.6 is 0 Å². The first kappa shape index (κ1) is 22.5. The Hall–Kier alpha value is -3.25. The van der Waals surface area contributed by atoms with Gasteiger partial charge in [-0.25, -0.2) is 4.98 Å². The number of amides is 1. The van der Waals surface area contributed by atoms with Crippen molar-refractivity contribution >= 4 is 5.91 Å². The number of H-pyrrole nitrogens is 1. The van der Waals surface area contributed by atoms with Gasteiger partial charge in [-0.15, -0.1) is 10.2 Å². The molecule has 0 aliphatic carbocycles. The second kappa shape index (κ2) is 8.84. The number of carbonyl (C=O) groups excluding carboxylic acids is 1. The lowest BCUT2D eigenvalue weighted by atomic mass is 10.00. The molecule has 2 aliphatic heterocycles. The van der Waals surface area contributed by atoms with Gasteiger partial charge in [-0.05, 0) is 24.6 Å². The van der Waals surface area contributed by atoms with E-state index in [-0.39, 0.29) is 11.6 Å². The number of imidazole rings is 1. The topological polar surface area (TPSA) is 98.2 Å². The van der Waals surface area contributed by atoms with Crippen LogP contribution in [0.2, 0.25) is 0 Å². The molecule has 1 aromatic carbocycles. The Labute approximate surface area is 192 Å². The van der Waals surface area contributed by atoms with E-state index >= 15 is 0 Å². The van der Waals surface area contributed by atoms with Gasteiger partial charge in [0.05, 0.1) is 18.4 Å². The van der Waals surface area contributed by atoms with E-state index in [1.54, 1.807) is 13.2 Å². The highest BCUT2D eigenvalue weighted by Crippen LogP contribution is 2.32. The number of ether oxygens (including phenoxy) is 2. The van der Waals surface area contributed by atoms with Crippen molar-refractivity contribution in [3.8, 4) is 11.5 Å². The third-order valence-electron chi connectivity index (χ3n) is 6.24. The summed E-state index contributed by atoms with van der Waals surface area (Å²) < 4.78 is 52.5. The molecule has 2 aromatic heterocycles. The minimum atomic E-state index is -4.51. The number of rotatable bonds is 4. The number of aromatic amines is 1. The van der Waals surface area contributed by atoms with E-state index in [2.05, 4.69) is 20.2 Å². The minimum Gasteiger partial charge on any atom is -0.372 e. The maximum absolute atomic E-state index is 13.1. The zero-order valence-electron chi connectivity index (χ0n) is 18.4. The maximum atomic E-state index is 13.1. The van der Waals surface area contributed by atoms with Crippen LogP contribution in [0.1, 0.15) is 46.5 Å². The quantitative estimate of drug-likeness (QED) is 0.621. The summed E-state index contributed by atoms with van der Waals surface area (Å²) in [6.07, 6.45) is -2.21. The Bertz CT molecular complexity index is 1190. The monoisotopic (exact) mass is 476 g/mol. The van der Waals surface area contributed by atoms with Gasteiger partial charge >= 0.3 is 6.18 Å². The Morgan fingerprint density at radius 2 is 2.12 bits per heavy atom. The first-order valence-corrected chi connectivity index (χ1v) is 10.9. The summed E-state index contributed by atoms with van der Waals surface area (Å²) in [6.45, 7) is 2.09. The average molecular weight is 476 g/mol. The average Bonchev–Trinajstić information content (AvgIpc) is 3.50. The number of aromatic nitrogens is 5. The second-order valence-corrected chi connectivity index (χ2v) is 8.35. The molecule has 1 saturated heterocycles. The van der Waals surface area contributed by atoms with Crippen LogP contribution in [0.4, 0.5) is 13.2 Å². The van der Waals surface area contributed by atoms with E-state index in [0.29, 0.717) is 50.9 Å². The number of nitrogens with zero attached hydrogens (tertiary/aromatic N) is 5. The molecule has 12 heteroatoms. The number of fused-ring (bicyclic) bond motifs is 1. The Morgan fingerprint density at radius 3 is 2.94 bits per heavy atom. The van der Waals surface area contributed by atoms with Crippen LogP contribution in [-0.4, -0.2) is 61.8 Å². The lowest BCUT2D eigenvalue weighted by Gasteiger charge is -2.34. The second-order valence-electron chi connectivity index (χ2n) is 8.35. The van der Waals surface area contributed by atoms with Crippen LogP contribution in [0.15, 0.2) is 30.5 Å². The number of benzene rings is 1. The largest absolute Gasteiger partial charge is 0.416 e. The van der Waals surface area contributed by atoms with E-state index in [1.807, 2.05) is 4.57 Å². The van der Waals surface area contributed by atoms with Gasteiger partial charge in [-0.3, -0.25) is 4.79 Å². The summed E-state index contributed by atoms with van der Waals surface area (Å²) in [6, 6.07) is 4.25. The van der Waals surface area contributed by atoms with Crippen LogP contribution in [-0.2, 0) is 28.8 Å².